The fraction of sp³-hybridized carbons (Fsp3) is 0.0909. The maximum Gasteiger partial charge on any atom is 0.292 e. The number of hydrogen-bond donors (Lipinski definition) is 1. The number of benzene rings is 2. The molecule has 6 nitrogen and oxygen atoms in total. The number of aromatic nitrogens is 2. The SMILES string of the molecule is O=C(Nc1nn(Cc2ccc(Cl)cc2Cl)cc1Cl)c1ccc(COc2cccc(Cl)c2)o1. The van der Waals surface area contributed by atoms with Crippen molar-refractivity contribution >= 4 is 58.1 Å². The molecule has 0 saturated carbocycles. The molecule has 4 rings (SSSR count). The number of nitrogens with zero attached hydrogens (tertiary/aromatic N) is 2. The zero-order valence-electron chi connectivity index (χ0n) is 16.3. The highest BCUT2D eigenvalue weighted by Crippen LogP contribution is 2.25. The van der Waals surface area contributed by atoms with Crippen LogP contribution in [0.2, 0.25) is 20.1 Å². The summed E-state index contributed by atoms with van der Waals surface area (Å²) in [4.78, 5) is 12.6. The number of nitrogens with one attached hydrogen (secondary N) is 1. The summed E-state index contributed by atoms with van der Waals surface area (Å²) in [5.41, 5.74) is 0.809. The molecule has 1 N–H and O–H groups in total. The molecular formula is C22H15Cl4N3O3. The minimum atomic E-state index is -0.490. The summed E-state index contributed by atoms with van der Waals surface area (Å²) in [6, 6.07) is 15.4. The van der Waals surface area contributed by atoms with Crippen molar-refractivity contribution in [2.24, 2.45) is 0 Å². The molecule has 0 fully saturated rings. The molecule has 0 saturated heterocycles. The Kier molecular flexibility index (Phi) is 6.96. The highest BCUT2D eigenvalue weighted by molar-refractivity contribution is 6.35. The number of amides is 1. The van der Waals surface area contributed by atoms with Crippen LogP contribution in [-0.2, 0) is 13.2 Å². The Labute approximate surface area is 203 Å². The maximum atomic E-state index is 12.6. The van der Waals surface area contributed by atoms with Crippen molar-refractivity contribution in [1.82, 2.24) is 9.78 Å². The van der Waals surface area contributed by atoms with Crippen LogP contribution in [0, 0.1) is 0 Å². The minimum absolute atomic E-state index is 0.0982. The van der Waals surface area contributed by atoms with Gasteiger partial charge in [-0.3, -0.25) is 9.48 Å². The summed E-state index contributed by atoms with van der Waals surface area (Å²) in [7, 11) is 0. The average molecular weight is 511 g/mol. The topological polar surface area (TPSA) is 69.3 Å². The highest BCUT2D eigenvalue weighted by atomic mass is 35.5. The monoisotopic (exact) mass is 509 g/mol. The second-order valence-electron chi connectivity index (χ2n) is 6.73. The van der Waals surface area contributed by atoms with E-state index in [1.54, 1.807) is 65.5 Å². The van der Waals surface area contributed by atoms with E-state index in [1.807, 2.05) is 0 Å². The van der Waals surface area contributed by atoms with E-state index in [4.69, 9.17) is 55.6 Å². The molecule has 2 heterocycles. The predicted molar refractivity (Wildman–Crippen MR) is 125 cm³/mol. The van der Waals surface area contributed by atoms with Crippen LogP contribution in [-0.4, -0.2) is 15.7 Å². The second kappa shape index (κ2) is 9.88. The van der Waals surface area contributed by atoms with Gasteiger partial charge in [-0.25, -0.2) is 0 Å². The first-order valence-corrected chi connectivity index (χ1v) is 10.8. The van der Waals surface area contributed by atoms with E-state index in [-0.39, 0.29) is 23.2 Å². The Morgan fingerprint density at radius 2 is 1.81 bits per heavy atom. The second-order valence-corrected chi connectivity index (χ2v) is 8.41. The van der Waals surface area contributed by atoms with Crippen molar-refractivity contribution < 1.29 is 13.9 Å². The molecule has 164 valence electrons. The largest absolute Gasteiger partial charge is 0.486 e. The van der Waals surface area contributed by atoms with Gasteiger partial charge in [-0.2, -0.15) is 5.10 Å². The molecule has 0 aliphatic carbocycles. The van der Waals surface area contributed by atoms with Crippen LogP contribution in [0.5, 0.6) is 5.75 Å². The molecule has 2 aromatic carbocycles. The van der Waals surface area contributed by atoms with Gasteiger partial charge in [-0.05, 0) is 48.0 Å². The fourth-order valence-corrected chi connectivity index (χ4v) is 3.69. The number of furan rings is 1. The molecule has 4 aromatic rings. The lowest BCUT2D eigenvalue weighted by Gasteiger charge is -2.05. The van der Waals surface area contributed by atoms with Crippen molar-refractivity contribution in [3.05, 3.63) is 98.0 Å². The molecule has 0 atom stereocenters. The van der Waals surface area contributed by atoms with Gasteiger partial charge in [0, 0.05) is 21.3 Å². The van der Waals surface area contributed by atoms with E-state index in [9.17, 15) is 4.79 Å². The molecule has 0 aliphatic rings. The van der Waals surface area contributed by atoms with Crippen molar-refractivity contribution in [3.63, 3.8) is 0 Å². The van der Waals surface area contributed by atoms with Crippen LogP contribution in [0.25, 0.3) is 0 Å². The predicted octanol–water partition coefficient (Wildman–Crippen LogP) is 6.97. The molecule has 1 amide bonds. The molecule has 32 heavy (non-hydrogen) atoms. The average Bonchev–Trinajstić information content (AvgIpc) is 3.35. The Hall–Kier alpha value is -2.64. The minimum Gasteiger partial charge on any atom is -0.486 e. The Bertz CT molecular complexity index is 1270. The van der Waals surface area contributed by atoms with E-state index in [0.29, 0.717) is 33.1 Å². The quantitative estimate of drug-likeness (QED) is 0.291. The number of carbonyl (C=O) groups is 1. The third-order valence-electron chi connectivity index (χ3n) is 4.36. The van der Waals surface area contributed by atoms with Crippen molar-refractivity contribution in [2.45, 2.75) is 13.2 Å². The summed E-state index contributed by atoms with van der Waals surface area (Å²) >= 11 is 24.3. The van der Waals surface area contributed by atoms with Crippen molar-refractivity contribution in [3.8, 4) is 5.75 Å². The van der Waals surface area contributed by atoms with Crippen LogP contribution in [0.4, 0.5) is 5.82 Å². The molecule has 0 aliphatic heterocycles. The molecule has 0 radical (unpaired) electrons. The lowest BCUT2D eigenvalue weighted by molar-refractivity contribution is 0.0992. The summed E-state index contributed by atoms with van der Waals surface area (Å²) in [5, 5.41) is 8.85. The smallest absolute Gasteiger partial charge is 0.292 e. The lowest BCUT2D eigenvalue weighted by atomic mass is 10.2. The van der Waals surface area contributed by atoms with Gasteiger partial charge in [0.05, 0.1) is 6.54 Å². The Balaban J connectivity index is 1.39. The van der Waals surface area contributed by atoms with Gasteiger partial charge in [-0.15, -0.1) is 0 Å². The molecule has 0 bridgehead atoms. The maximum absolute atomic E-state index is 12.6. The van der Waals surface area contributed by atoms with Gasteiger partial charge < -0.3 is 14.5 Å². The van der Waals surface area contributed by atoms with E-state index < -0.39 is 5.91 Å². The third kappa shape index (κ3) is 5.58. The zero-order chi connectivity index (χ0) is 22.7. The number of halogens is 4. The number of rotatable bonds is 7. The molecular weight excluding hydrogens is 496 g/mol. The highest BCUT2D eigenvalue weighted by Gasteiger charge is 2.16. The summed E-state index contributed by atoms with van der Waals surface area (Å²) < 4.78 is 12.7. The van der Waals surface area contributed by atoms with Crippen LogP contribution in [0.1, 0.15) is 21.9 Å². The molecule has 0 spiro atoms. The summed E-state index contributed by atoms with van der Waals surface area (Å²) in [6.07, 6.45) is 1.59. The number of ether oxygens (including phenoxy) is 1. The summed E-state index contributed by atoms with van der Waals surface area (Å²) in [5.74, 6) is 0.883. The first-order chi connectivity index (χ1) is 15.4. The standard InChI is InChI=1S/C22H15Cl4N3O3/c23-14-2-1-3-16(8-14)31-12-17-6-7-20(32-17)22(30)27-21-19(26)11-29(28-21)10-13-4-5-15(24)9-18(13)25/h1-9,11H,10,12H2,(H,27,28,30). The van der Waals surface area contributed by atoms with Gasteiger partial charge in [-0.1, -0.05) is 58.5 Å². The van der Waals surface area contributed by atoms with E-state index >= 15 is 0 Å². The lowest BCUT2D eigenvalue weighted by Crippen LogP contribution is -2.12. The summed E-state index contributed by atoms with van der Waals surface area (Å²) in [6.45, 7) is 0.502. The van der Waals surface area contributed by atoms with Crippen LogP contribution in [0.15, 0.2) is 65.2 Å². The number of anilines is 1. The third-order valence-corrected chi connectivity index (χ3v) is 5.46. The van der Waals surface area contributed by atoms with Gasteiger partial charge in [0.2, 0.25) is 0 Å². The fourth-order valence-electron chi connectivity index (χ4n) is 2.85. The Morgan fingerprint density at radius 1 is 1.00 bits per heavy atom. The normalized spacial score (nSPS) is 10.9. The van der Waals surface area contributed by atoms with Crippen LogP contribution in [0.3, 0.4) is 0 Å². The first-order valence-electron chi connectivity index (χ1n) is 9.33. The van der Waals surface area contributed by atoms with Crippen LogP contribution >= 0.6 is 46.4 Å². The first kappa shape index (κ1) is 22.6. The Morgan fingerprint density at radius 3 is 2.59 bits per heavy atom. The zero-order valence-corrected chi connectivity index (χ0v) is 19.3. The molecule has 0 unspecified atom stereocenters. The van der Waals surface area contributed by atoms with Crippen LogP contribution < -0.4 is 10.1 Å². The van der Waals surface area contributed by atoms with Gasteiger partial charge in [0.15, 0.2) is 11.6 Å². The number of carbonyl (C=O) groups excluding carboxylic acids is 1. The molecule has 2 aromatic heterocycles. The van der Waals surface area contributed by atoms with Gasteiger partial charge in [0.1, 0.15) is 23.1 Å². The van der Waals surface area contributed by atoms with Crippen molar-refractivity contribution in [1.29, 1.82) is 0 Å². The van der Waals surface area contributed by atoms with Crippen molar-refractivity contribution in [2.75, 3.05) is 5.32 Å². The molecule has 10 heteroatoms. The van der Waals surface area contributed by atoms with Gasteiger partial charge >= 0.3 is 0 Å². The van der Waals surface area contributed by atoms with E-state index in [2.05, 4.69) is 10.4 Å². The van der Waals surface area contributed by atoms with E-state index in [0.717, 1.165) is 5.56 Å². The van der Waals surface area contributed by atoms with Gasteiger partial charge in [0.25, 0.3) is 5.91 Å². The van der Waals surface area contributed by atoms with E-state index in [1.165, 1.54) is 0 Å². The number of hydrogen-bond acceptors (Lipinski definition) is 4.